The van der Waals surface area contributed by atoms with Gasteiger partial charge in [0, 0.05) is 12.1 Å². The minimum atomic E-state index is 0.952. The molecule has 0 unspecified atom stereocenters. The number of benzene rings is 1. The molecule has 0 saturated heterocycles. The van der Waals surface area contributed by atoms with Crippen LogP contribution >= 0.6 is 0 Å². The molecule has 3 rings (SSSR count). The van der Waals surface area contributed by atoms with E-state index in [0.717, 1.165) is 30.0 Å². The standard InChI is InChI=1S/C15H17N3/c1-11-4-7-15(18-17-11)13-6-5-12-3-2-8-16-10-14(12)9-13/h4-7,9,16H,2-3,8,10H2,1H3. The zero-order chi connectivity index (χ0) is 12.4. The summed E-state index contributed by atoms with van der Waals surface area (Å²) in [6, 6.07) is 10.7. The summed E-state index contributed by atoms with van der Waals surface area (Å²) in [5.74, 6) is 0. The van der Waals surface area contributed by atoms with Gasteiger partial charge in [-0.15, -0.1) is 0 Å². The average Bonchev–Trinajstić information content (AvgIpc) is 2.64. The van der Waals surface area contributed by atoms with Crippen LogP contribution < -0.4 is 5.32 Å². The van der Waals surface area contributed by atoms with Crippen LogP contribution in [0.4, 0.5) is 0 Å². The molecule has 0 saturated carbocycles. The topological polar surface area (TPSA) is 37.8 Å². The number of hydrogen-bond acceptors (Lipinski definition) is 3. The summed E-state index contributed by atoms with van der Waals surface area (Å²) in [5, 5.41) is 11.8. The molecule has 1 aliphatic rings. The Balaban J connectivity index is 1.98. The third-order valence-electron chi connectivity index (χ3n) is 3.42. The summed E-state index contributed by atoms with van der Waals surface area (Å²) < 4.78 is 0. The van der Waals surface area contributed by atoms with Gasteiger partial charge in [-0.05, 0) is 55.6 Å². The van der Waals surface area contributed by atoms with Crippen LogP contribution in [0.1, 0.15) is 23.2 Å². The van der Waals surface area contributed by atoms with Gasteiger partial charge in [-0.25, -0.2) is 0 Å². The number of aryl methyl sites for hydroxylation is 2. The first kappa shape index (κ1) is 11.4. The highest BCUT2D eigenvalue weighted by Crippen LogP contribution is 2.22. The predicted octanol–water partition coefficient (Wildman–Crippen LogP) is 2.49. The summed E-state index contributed by atoms with van der Waals surface area (Å²) >= 11 is 0. The summed E-state index contributed by atoms with van der Waals surface area (Å²) in [4.78, 5) is 0. The maximum Gasteiger partial charge on any atom is 0.0929 e. The molecule has 1 aromatic heterocycles. The highest BCUT2D eigenvalue weighted by molar-refractivity contribution is 5.60. The molecule has 3 nitrogen and oxygen atoms in total. The molecule has 0 spiro atoms. The highest BCUT2D eigenvalue weighted by Gasteiger charge is 2.09. The molecule has 0 aliphatic carbocycles. The van der Waals surface area contributed by atoms with Crippen molar-refractivity contribution >= 4 is 0 Å². The van der Waals surface area contributed by atoms with Gasteiger partial charge in [-0.1, -0.05) is 12.1 Å². The van der Waals surface area contributed by atoms with Gasteiger partial charge in [-0.2, -0.15) is 10.2 Å². The Kier molecular flexibility index (Phi) is 3.07. The van der Waals surface area contributed by atoms with Crippen molar-refractivity contribution in [3.63, 3.8) is 0 Å². The van der Waals surface area contributed by atoms with E-state index in [0.29, 0.717) is 0 Å². The van der Waals surface area contributed by atoms with Gasteiger partial charge in [0.2, 0.25) is 0 Å². The number of rotatable bonds is 1. The highest BCUT2D eigenvalue weighted by atomic mass is 15.1. The molecular formula is C15H17N3. The van der Waals surface area contributed by atoms with Crippen molar-refractivity contribution in [3.8, 4) is 11.3 Å². The van der Waals surface area contributed by atoms with Crippen molar-refractivity contribution in [1.29, 1.82) is 0 Å². The molecule has 0 amide bonds. The van der Waals surface area contributed by atoms with E-state index in [1.165, 1.54) is 24.0 Å². The van der Waals surface area contributed by atoms with Gasteiger partial charge >= 0.3 is 0 Å². The zero-order valence-corrected chi connectivity index (χ0v) is 10.6. The lowest BCUT2D eigenvalue weighted by Gasteiger charge is -2.08. The molecule has 0 radical (unpaired) electrons. The van der Waals surface area contributed by atoms with Crippen LogP contribution in [0, 0.1) is 6.92 Å². The van der Waals surface area contributed by atoms with E-state index in [1.54, 1.807) is 0 Å². The lowest BCUT2D eigenvalue weighted by atomic mass is 10.00. The van der Waals surface area contributed by atoms with Gasteiger partial charge in [0.1, 0.15) is 0 Å². The predicted molar refractivity (Wildman–Crippen MR) is 72.2 cm³/mol. The maximum absolute atomic E-state index is 4.25. The number of nitrogens with one attached hydrogen (secondary N) is 1. The van der Waals surface area contributed by atoms with E-state index < -0.39 is 0 Å². The third kappa shape index (κ3) is 2.27. The fourth-order valence-electron chi connectivity index (χ4n) is 2.37. The van der Waals surface area contributed by atoms with E-state index in [1.807, 2.05) is 19.1 Å². The molecule has 3 heteroatoms. The van der Waals surface area contributed by atoms with E-state index in [2.05, 4.69) is 33.7 Å². The summed E-state index contributed by atoms with van der Waals surface area (Å²) in [7, 11) is 0. The molecule has 92 valence electrons. The Labute approximate surface area is 107 Å². The smallest absolute Gasteiger partial charge is 0.0929 e. The number of hydrogen-bond donors (Lipinski definition) is 1. The van der Waals surface area contributed by atoms with Crippen molar-refractivity contribution < 1.29 is 0 Å². The van der Waals surface area contributed by atoms with Crippen LogP contribution in [-0.4, -0.2) is 16.7 Å². The SMILES string of the molecule is Cc1ccc(-c2ccc3c(c2)CNCCC3)nn1. The fourth-order valence-corrected chi connectivity index (χ4v) is 2.37. The van der Waals surface area contributed by atoms with Crippen molar-refractivity contribution in [2.45, 2.75) is 26.3 Å². The van der Waals surface area contributed by atoms with Crippen LogP contribution in [0.5, 0.6) is 0 Å². The van der Waals surface area contributed by atoms with Crippen LogP contribution in [0.25, 0.3) is 11.3 Å². The number of nitrogens with zero attached hydrogens (tertiary/aromatic N) is 2. The van der Waals surface area contributed by atoms with E-state index >= 15 is 0 Å². The monoisotopic (exact) mass is 239 g/mol. The fraction of sp³-hybridized carbons (Fsp3) is 0.333. The van der Waals surface area contributed by atoms with Crippen molar-refractivity contribution in [2.24, 2.45) is 0 Å². The van der Waals surface area contributed by atoms with Gasteiger partial charge < -0.3 is 5.32 Å². The summed E-state index contributed by atoms with van der Waals surface area (Å²) in [5.41, 5.74) is 5.92. The third-order valence-corrected chi connectivity index (χ3v) is 3.42. The molecule has 2 aromatic rings. The first-order valence-corrected chi connectivity index (χ1v) is 6.46. The molecule has 1 N–H and O–H groups in total. The molecule has 18 heavy (non-hydrogen) atoms. The first-order chi connectivity index (χ1) is 8.83. The molecule has 0 atom stereocenters. The van der Waals surface area contributed by atoms with E-state index in [-0.39, 0.29) is 0 Å². The van der Waals surface area contributed by atoms with Crippen LogP contribution in [0.3, 0.4) is 0 Å². The second kappa shape index (κ2) is 4.86. The molecule has 1 aromatic carbocycles. The average molecular weight is 239 g/mol. The second-order valence-corrected chi connectivity index (χ2v) is 4.82. The minimum absolute atomic E-state index is 0.952. The lowest BCUT2D eigenvalue weighted by Crippen LogP contribution is -2.11. The molecule has 1 aliphatic heterocycles. The summed E-state index contributed by atoms with van der Waals surface area (Å²) in [6.07, 6.45) is 2.39. The Morgan fingerprint density at radius 3 is 2.83 bits per heavy atom. The van der Waals surface area contributed by atoms with Crippen LogP contribution in [0.2, 0.25) is 0 Å². The van der Waals surface area contributed by atoms with Crippen LogP contribution in [-0.2, 0) is 13.0 Å². The quantitative estimate of drug-likeness (QED) is 0.830. The van der Waals surface area contributed by atoms with E-state index in [4.69, 9.17) is 0 Å². The largest absolute Gasteiger partial charge is 0.313 e. The maximum atomic E-state index is 4.25. The van der Waals surface area contributed by atoms with Gasteiger partial charge in [-0.3, -0.25) is 0 Å². The molecule has 0 bridgehead atoms. The van der Waals surface area contributed by atoms with Crippen molar-refractivity contribution in [3.05, 3.63) is 47.2 Å². The lowest BCUT2D eigenvalue weighted by molar-refractivity contribution is 0.681. The zero-order valence-electron chi connectivity index (χ0n) is 10.6. The molecule has 0 fully saturated rings. The van der Waals surface area contributed by atoms with Crippen LogP contribution in [0.15, 0.2) is 30.3 Å². The molecule has 2 heterocycles. The normalized spacial score (nSPS) is 14.9. The Bertz CT molecular complexity index is 546. The number of aromatic nitrogens is 2. The number of fused-ring (bicyclic) bond motifs is 1. The minimum Gasteiger partial charge on any atom is -0.313 e. The Hall–Kier alpha value is -1.74. The van der Waals surface area contributed by atoms with Gasteiger partial charge in [0.15, 0.2) is 0 Å². The van der Waals surface area contributed by atoms with Gasteiger partial charge in [0.25, 0.3) is 0 Å². The van der Waals surface area contributed by atoms with Crippen molar-refractivity contribution in [1.82, 2.24) is 15.5 Å². The summed E-state index contributed by atoms with van der Waals surface area (Å²) in [6.45, 7) is 4.02. The van der Waals surface area contributed by atoms with Gasteiger partial charge in [0.05, 0.1) is 11.4 Å². The molecular weight excluding hydrogens is 222 g/mol. The Morgan fingerprint density at radius 2 is 2.00 bits per heavy atom. The first-order valence-electron chi connectivity index (χ1n) is 6.46. The Morgan fingerprint density at radius 1 is 1.06 bits per heavy atom. The van der Waals surface area contributed by atoms with Crippen molar-refractivity contribution in [2.75, 3.05) is 6.54 Å². The van der Waals surface area contributed by atoms with E-state index in [9.17, 15) is 0 Å². The second-order valence-electron chi connectivity index (χ2n) is 4.82.